The van der Waals surface area contributed by atoms with Gasteiger partial charge in [0.25, 0.3) is 5.56 Å². The van der Waals surface area contributed by atoms with Gasteiger partial charge in [0.15, 0.2) is 0 Å². The molecule has 0 bridgehead atoms. The van der Waals surface area contributed by atoms with Crippen molar-refractivity contribution in [2.45, 2.75) is 20.0 Å². The van der Waals surface area contributed by atoms with Gasteiger partial charge in [0.2, 0.25) is 11.9 Å². The maximum absolute atomic E-state index is 13.6. The molecule has 8 heteroatoms. The van der Waals surface area contributed by atoms with Crippen LogP contribution >= 0.6 is 0 Å². The fourth-order valence-electron chi connectivity index (χ4n) is 4.03. The van der Waals surface area contributed by atoms with E-state index in [4.69, 9.17) is 9.72 Å². The predicted molar refractivity (Wildman–Crippen MR) is 117 cm³/mol. The van der Waals surface area contributed by atoms with Crippen molar-refractivity contribution in [3.8, 4) is 0 Å². The van der Waals surface area contributed by atoms with Crippen molar-refractivity contribution in [1.82, 2.24) is 19.1 Å². The van der Waals surface area contributed by atoms with Gasteiger partial charge in [0.05, 0.1) is 23.8 Å². The van der Waals surface area contributed by atoms with Crippen LogP contribution in [0.15, 0.2) is 59.5 Å². The van der Waals surface area contributed by atoms with Gasteiger partial charge in [-0.25, -0.2) is 14.8 Å². The van der Waals surface area contributed by atoms with E-state index >= 15 is 0 Å². The first kappa shape index (κ1) is 19.0. The number of para-hydroxylation sites is 2. The van der Waals surface area contributed by atoms with Crippen molar-refractivity contribution in [2.75, 3.05) is 18.6 Å². The lowest BCUT2D eigenvalue weighted by atomic mass is 10.1. The minimum atomic E-state index is -0.679. The minimum Gasteiger partial charge on any atom is -0.462 e. The van der Waals surface area contributed by atoms with Crippen LogP contribution in [0.1, 0.15) is 34.6 Å². The van der Waals surface area contributed by atoms with Crippen LogP contribution in [0.2, 0.25) is 0 Å². The third-order valence-corrected chi connectivity index (χ3v) is 5.51. The Kier molecular flexibility index (Phi) is 4.35. The molecule has 0 aliphatic carbocycles. The number of aromatic nitrogens is 4. The molecule has 0 N–H and O–H groups in total. The summed E-state index contributed by atoms with van der Waals surface area (Å²) in [4.78, 5) is 37.0. The van der Waals surface area contributed by atoms with Crippen molar-refractivity contribution in [2.24, 2.45) is 0 Å². The molecule has 1 aliphatic heterocycles. The molecular weight excluding hydrogens is 394 g/mol. The molecule has 4 aromatic rings. The van der Waals surface area contributed by atoms with Gasteiger partial charge in [-0.3, -0.25) is 18.8 Å². The highest BCUT2D eigenvalue weighted by atomic mass is 16.5. The Morgan fingerprint density at radius 3 is 2.55 bits per heavy atom. The number of carbonyl (C=O) groups is 1. The number of benzene rings is 2. The topological polar surface area (TPSA) is 82.2 Å². The number of rotatable bonds is 3. The van der Waals surface area contributed by atoms with E-state index in [-0.39, 0.29) is 12.2 Å². The van der Waals surface area contributed by atoms with E-state index in [1.807, 2.05) is 67.1 Å². The van der Waals surface area contributed by atoms with E-state index in [2.05, 4.69) is 4.98 Å². The zero-order chi connectivity index (χ0) is 21.7. The van der Waals surface area contributed by atoms with Gasteiger partial charge in [-0.1, -0.05) is 42.0 Å². The first-order valence-electron chi connectivity index (χ1n) is 10.1. The fourth-order valence-corrected chi connectivity index (χ4v) is 4.03. The third kappa shape index (κ3) is 2.83. The molecule has 31 heavy (non-hydrogen) atoms. The highest BCUT2D eigenvalue weighted by molar-refractivity contribution is 5.89. The molecule has 156 valence electrons. The Bertz CT molecular complexity index is 1370. The normalized spacial score (nSPS) is 14.9. The van der Waals surface area contributed by atoms with Crippen LogP contribution in [-0.4, -0.2) is 38.7 Å². The monoisotopic (exact) mass is 415 g/mol. The lowest BCUT2D eigenvalue weighted by molar-refractivity contribution is 0.0522. The van der Waals surface area contributed by atoms with Gasteiger partial charge in [-0.15, -0.1) is 0 Å². The molecule has 0 fully saturated rings. The van der Waals surface area contributed by atoms with E-state index in [1.165, 1.54) is 10.8 Å². The number of hydrogen-bond acceptors (Lipinski definition) is 6. The second kappa shape index (κ2) is 7.09. The SMILES string of the molecule is CCOC(=O)c1cnc2n(c1=O)C(c1ccc(C)cc1)n1c(nc3ccccc31)N2C. The summed E-state index contributed by atoms with van der Waals surface area (Å²) in [5.74, 6) is 0.399. The molecular formula is C23H21N5O3. The van der Waals surface area contributed by atoms with Gasteiger partial charge in [-0.2, -0.15) is 0 Å². The van der Waals surface area contributed by atoms with Crippen LogP contribution in [0.4, 0.5) is 11.9 Å². The second-order valence-corrected chi connectivity index (χ2v) is 7.48. The molecule has 0 saturated carbocycles. The van der Waals surface area contributed by atoms with E-state index in [9.17, 15) is 9.59 Å². The van der Waals surface area contributed by atoms with E-state index in [1.54, 1.807) is 11.8 Å². The van der Waals surface area contributed by atoms with Crippen molar-refractivity contribution in [3.05, 3.63) is 81.8 Å². The highest BCUT2D eigenvalue weighted by Gasteiger charge is 2.35. The molecule has 2 aromatic heterocycles. The Morgan fingerprint density at radius 2 is 1.81 bits per heavy atom. The summed E-state index contributed by atoms with van der Waals surface area (Å²) < 4.78 is 8.63. The molecule has 1 unspecified atom stereocenters. The Balaban J connectivity index is 1.85. The van der Waals surface area contributed by atoms with Gasteiger partial charge >= 0.3 is 5.97 Å². The van der Waals surface area contributed by atoms with Crippen molar-refractivity contribution in [1.29, 1.82) is 0 Å². The zero-order valence-electron chi connectivity index (χ0n) is 17.4. The van der Waals surface area contributed by atoms with Gasteiger partial charge < -0.3 is 4.74 Å². The minimum absolute atomic E-state index is 0.0935. The lowest BCUT2D eigenvalue weighted by Crippen LogP contribution is -2.42. The summed E-state index contributed by atoms with van der Waals surface area (Å²) in [6, 6.07) is 15.7. The molecule has 1 aliphatic rings. The van der Waals surface area contributed by atoms with Crippen molar-refractivity contribution >= 4 is 28.9 Å². The molecule has 2 aromatic carbocycles. The molecule has 0 saturated heterocycles. The van der Waals surface area contributed by atoms with Crippen LogP contribution in [0.25, 0.3) is 11.0 Å². The number of anilines is 2. The molecule has 0 spiro atoms. The predicted octanol–water partition coefficient (Wildman–Crippen LogP) is 3.25. The summed E-state index contributed by atoms with van der Waals surface area (Å²) in [6.07, 6.45) is 0.733. The number of ether oxygens (including phenoxy) is 1. The van der Waals surface area contributed by atoms with Gasteiger partial charge in [0.1, 0.15) is 11.7 Å². The number of nitrogens with zero attached hydrogens (tertiary/aromatic N) is 5. The number of esters is 1. The van der Waals surface area contributed by atoms with Crippen molar-refractivity contribution < 1.29 is 9.53 Å². The van der Waals surface area contributed by atoms with Crippen molar-refractivity contribution in [3.63, 3.8) is 0 Å². The molecule has 1 atom stereocenters. The average molecular weight is 415 g/mol. The second-order valence-electron chi connectivity index (χ2n) is 7.48. The molecule has 3 heterocycles. The summed E-state index contributed by atoms with van der Waals surface area (Å²) in [7, 11) is 1.81. The summed E-state index contributed by atoms with van der Waals surface area (Å²) >= 11 is 0. The van der Waals surface area contributed by atoms with Crippen LogP contribution in [0.5, 0.6) is 0 Å². The maximum Gasteiger partial charge on any atom is 0.345 e. The number of aryl methyl sites for hydroxylation is 1. The van der Waals surface area contributed by atoms with Gasteiger partial charge in [-0.05, 0) is 31.5 Å². The Hall–Kier alpha value is -3.94. The van der Waals surface area contributed by atoms with Crippen LogP contribution < -0.4 is 10.5 Å². The summed E-state index contributed by atoms with van der Waals surface area (Å²) in [5, 5.41) is 0. The molecule has 5 rings (SSSR count). The smallest absolute Gasteiger partial charge is 0.345 e. The highest BCUT2D eigenvalue weighted by Crippen LogP contribution is 2.38. The quantitative estimate of drug-likeness (QED) is 0.478. The van der Waals surface area contributed by atoms with Crippen LogP contribution in [-0.2, 0) is 4.74 Å². The first-order valence-corrected chi connectivity index (χ1v) is 10.1. The Labute approximate surface area is 178 Å². The van der Waals surface area contributed by atoms with E-state index in [0.29, 0.717) is 11.9 Å². The molecule has 8 nitrogen and oxygen atoms in total. The maximum atomic E-state index is 13.6. The van der Waals surface area contributed by atoms with E-state index in [0.717, 1.165) is 22.2 Å². The number of hydrogen-bond donors (Lipinski definition) is 0. The third-order valence-electron chi connectivity index (χ3n) is 5.51. The number of carbonyl (C=O) groups excluding carboxylic acids is 1. The van der Waals surface area contributed by atoms with E-state index < -0.39 is 17.7 Å². The number of imidazole rings is 1. The Morgan fingerprint density at radius 1 is 1.06 bits per heavy atom. The first-order chi connectivity index (χ1) is 15.0. The summed E-state index contributed by atoms with van der Waals surface area (Å²) in [6.45, 7) is 3.89. The van der Waals surface area contributed by atoms with Gasteiger partial charge in [0, 0.05) is 7.05 Å². The van der Waals surface area contributed by atoms with Crippen LogP contribution in [0, 0.1) is 6.92 Å². The average Bonchev–Trinajstić information content (AvgIpc) is 3.15. The zero-order valence-corrected chi connectivity index (χ0v) is 17.4. The molecule has 0 amide bonds. The fraction of sp³-hybridized carbons (Fsp3) is 0.217. The standard InChI is InChI=1S/C23H21N5O3/c1-4-31-21(30)16-13-24-22-26(3)23-25-17-7-5-6-8-18(17)27(23)19(28(22)20(16)29)15-11-9-14(2)10-12-15/h5-13,19H,4H2,1-3H3. The molecule has 0 radical (unpaired) electrons. The summed E-state index contributed by atoms with van der Waals surface area (Å²) in [5.41, 5.74) is 3.14. The largest absolute Gasteiger partial charge is 0.462 e. The number of fused-ring (bicyclic) bond motifs is 4. The lowest BCUT2D eigenvalue weighted by Gasteiger charge is -2.35. The van der Waals surface area contributed by atoms with Crippen LogP contribution in [0.3, 0.4) is 0 Å².